The number of hydrogen-bond donors (Lipinski definition) is 2. The summed E-state index contributed by atoms with van der Waals surface area (Å²) in [6, 6.07) is 5.31. The van der Waals surface area contributed by atoms with Crippen LogP contribution in [0.5, 0.6) is 0 Å². The molecule has 3 N–H and O–H groups in total. The predicted octanol–water partition coefficient (Wildman–Crippen LogP) is 0.851. The minimum atomic E-state index is -0.263. The molecule has 1 aromatic carbocycles. The summed E-state index contributed by atoms with van der Waals surface area (Å²) < 4.78 is 13.9. The molecule has 3 nitrogen and oxygen atoms in total. The third-order valence-corrected chi connectivity index (χ3v) is 3.02. The number of likely N-dealkylation sites (tertiary alicyclic amines) is 1. The number of hydrogen-bond acceptors (Lipinski definition) is 3. The fraction of sp³-hybridized carbons (Fsp3) is 0.500. The van der Waals surface area contributed by atoms with Crippen molar-refractivity contribution in [2.24, 2.45) is 5.73 Å². The van der Waals surface area contributed by atoms with Crippen LogP contribution in [0.15, 0.2) is 18.2 Å². The molecular weight excluding hydrogens is 207 g/mol. The van der Waals surface area contributed by atoms with Crippen LogP contribution in [0.2, 0.25) is 0 Å². The van der Waals surface area contributed by atoms with Crippen LogP contribution in [-0.2, 0) is 13.1 Å². The van der Waals surface area contributed by atoms with E-state index in [1.54, 1.807) is 12.1 Å². The van der Waals surface area contributed by atoms with Gasteiger partial charge in [-0.25, -0.2) is 4.39 Å². The minimum Gasteiger partial charge on any atom is -0.392 e. The first-order valence-electron chi connectivity index (χ1n) is 5.57. The Bertz CT molecular complexity index is 370. The van der Waals surface area contributed by atoms with E-state index < -0.39 is 0 Å². The van der Waals surface area contributed by atoms with Gasteiger partial charge in [0.15, 0.2) is 0 Å². The van der Waals surface area contributed by atoms with Gasteiger partial charge in [-0.05, 0) is 6.42 Å². The molecule has 1 saturated heterocycles. The van der Waals surface area contributed by atoms with Crippen molar-refractivity contribution in [2.45, 2.75) is 25.6 Å². The molecule has 1 unspecified atom stereocenters. The summed E-state index contributed by atoms with van der Waals surface area (Å²) in [5.41, 5.74) is 6.67. The van der Waals surface area contributed by atoms with Gasteiger partial charge in [-0.1, -0.05) is 18.2 Å². The molecule has 0 amide bonds. The summed E-state index contributed by atoms with van der Waals surface area (Å²) in [5, 5.41) is 9.39. The van der Waals surface area contributed by atoms with Crippen LogP contribution < -0.4 is 5.73 Å². The van der Waals surface area contributed by atoms with Crippen LogP contribution in [-0.4, -0.2) is 29.2 Å². The standard InChI is InChI=1S/C12H17FN2O/c13-12-9(6-14)2-1-3-10(12)7-15-5-4-11(16)8-15/h1-3,11,16H,4-8,14H2. The molecule has 0 bridgehead atoms. The first-order valence-corrected chi connectivity index (χ1v) is 5.57. The second-order valence-corrected chi connectivity index (χ2v) is 4.27. The molecule has 2 rings (SSSR count). The third kappa shape index (κ3) is 2.40. The van der Waals surface area contributed by atoms with Gasteiger partial charge in [0.1, 0.15) is 5.82 Å². The number of nitrogens with two attached hydrogens (primary N) is 1. The van der Waals surface area contributed by atoms with Crippen molar-refractivity contribution in [3.05, 3.63) is 35.1 Å². The Morgan fingerprint density at radius 3 is 2.81 bits per heavy atom. The molecule has 0 aliphatic carbocycles. The second kappa shape index (κ2) is 4.91. The number of benzene rings is 1. The molecule has 1 fully saturated rings. The van der Waals surface area contributed by atoms with Crippen molar-refractivity contribution in [3.8, 4) is 0 Å². The van der Waals surface area contributed by atoms with Gasteiger partial charge in [-0.3, -0.25) is 4.90 Å². The van der Waals surface area contributed by atoms with Gasteiger partial charge in [-0.2, -0.15) is 0 Å². The fourth-order valence-electron chi connectivity index (χ4n) is 2.11. The number of halogens is 1. The average Bonchev–Trinajstić information content (AvgIpc) is 2.67. The Labute approximate surface area is 94.7 Å². The summed E-state index contributed by atoms with van der Waals surface area (Å²) in [5.74, 6) is -0.202. The molecule has 1 aliphatic heterocycles. The summed E-state index contributed by atoms with van der Waals surface area (Å²) in [6.45, 7) is 2.23. The van der Waals surface area contributed by atoms with E-state index in [4.69, 9.17) is 5.73 Å². The molecular formula is C12H17FN2O. The SMILES string of the molecule is NCc1cccc(CN2CCC(O)C2)c1F. The van der Waals surface area contributed by atoms with E-state index in [2.05, 4.69) is 4.90 Å². The molecule has 1 aromatic rings. The number of nitrogens with zero attached hydrogens (tertiary/aromatic N) is 1. The number of aliphatic hydroxyl groups is 1. The van der Waals surface area contributed by atoms with E-state index >= 15 is 0 Å². The van der Waals surface area contributed by atoms with Gasteiger partial charge >= 0.3 is 0 Å². The molecule has 1 aliphatic rings. The summed E-state index contributed by atoms with van der Waals surface area (Å²) in [4.78, 5) is 2.06. The fourth-order valence-corrected chi connectivity index (χ4v) is 2.11. The highest BCUT2D eigenvalue weighted by Gasteiger charge is 2.21. The first kappa shape index (κ1) is 11.5. The molecule has 16 heavy (non-hydrogen) atoms. The number of aliphatic hydroxyl groups excluding tert-OH is 1. The van der Waals surface area contributed by atoms with Gasteiger partial charge in [0, 0.05) is 37.3 Å². The summed E-state index contributed by atoms with van der Waals surface area (Å²) in [6.07, 6.45) is 0.513. The Morgan fingerprint density at radius 1 is 1.44 bits per heavy atom. The Morgan fingerprint density at radius 2 is 2.19 bits per heavy atom. The summed E-state index contributed by atoms with van der Waals surface area (Å²) >= 11 is 0. The topological polar surface area (TPSA) is 49.5 Å². The van der Waals surface area contributed by atoms with Crippen molar-refractivity contribution >= 4 is 0 Å². The van der Waals surface area contributed by atoms with E-state index in [0.717, 1.165) is 13.0 Å². The number of β-amino-alcohol motifs (C(OH)–C–C–N with tert-alkyl or cyclic N) is 1. The van der Waals surface area contributed by atoms with Gasteiger partial charge in [-0.15, -0.1) is 0 Å². The zero-order valence-corrected chi connectivity index (χ0v) is 9.19. The lowest BCUT2D eigenvalue weighted by Crippen LogP contribution is -2.22. The van der Waals surface area contributed by atoms with Crippen LogP contribution in [0.3, 0.4) is 0 Å². The second-order valence-electron chi connectivity index (χ2n) is 4.27. The first-order chi connectivity index (χ1) is 7.70. The van der Waals surface area contributed by atoms with E-state index in [1.807, 2.05) is 6.07 Å². The van der Waals surface area contributed by atoms with E-state index in [9.17, 15) is 9.50 Å². The smallest absolute Gasteiger partial charge is 0.132 e. The Hall–Kier alpha value is -0.970. The Kier molecular flexibility index (Phi) is 3.53. The van der Waals surface area contributed by atoms with Crippen molar-refractivity contribution < 1.29 is 9.50 Å². The molecule has 88 valence electrons. The predicted molar refractivity (Wildman–Crippen MR) is 60.2 cm³/mol. The maximum Gasteiger partial charge on any atom is 0.132 e. The molecule has 0 radical (unpaired) electrons. The van der Waals surface area contributed by atoms with Gasteiger partial charge in [0.2, 0.25) is 0 Å². The molecule has 4 heteroatoms. The molecule has 0 aromatic heterocycles. The Balaban J connectivity index is 2.09. The lowest BCUT2D eigenvalue weighted by atomic mass is 10.1. The van der Waals surface area contributed by atoms with Crippen LogP contribution >= 0.6 is 0 Å². The van der Waals surface area contributed by atoms with Crippen LogP contribution in [0.1, 0.15) is 17.5 Å². The van der Waals surface area contributed by atoms with Gasteiger partial charge in [0.25, 0.3) is 0 Å². The van der Waals surface area contributed by atoms with E-state index in [0.29, 0.717) is 24.2 Å². The molecule has 0 spiro atoms. The zero-order valence-electron chi connectivity index (χ0n) is 9.19. The average molecular weight is 224 g/mol. The third-order valence-electron chi connectivity index (χ3n) is 3.02. The van der Waals surface area contributed by atoms with Crippen molar-refractivity contribution in [3.63, 3.8) is 0 Å². The molecule has 0 saturated carbocycles. The zero-order chi connectivity index (χ0) is 11.5. The quantitative estimate of drug-likeness (QED) is 0.800. The largest absolute Gasteiger partial charge is 0.392 e. The highest BCUT2D eigenvalue weighted by molar-refractivity contribution is 5.26. The normalized spacial score (nSPS) is 21.6. The van der Waals surface area contributed by atoms with Crippen molar-refractivity contribution in [2.75, 3.05) is 13.1 Å². The highest BCUT2D eigenvalue weighted by atomic mass is 19.1. The molecule has 1 heterocycles. The van der Waals surface area contributed by atoms with Gasteiger partial charge in [0.05, 0.1) is 6.10 Å². The van der Waals surface area contributed by atoms with Crippen molar-refractivity contribution in [1.29, 1.82) is 0 Å². The number of rotatable bonds is 3. The van der Waals surface area contributed by atoms with E-state index in [-0.39, 0.29) is 18.5 Å². The van der Waals surface area contributed by atoms with Crippen LogP contribution in [0.4, 0.5) is 4.39 Å². The summed E-state index contributed by atoms with van der Waals surface area (Å²) in [7, 11) is 0. The maximum atomic E-state index is 13.9. The highest BCUT2D eigenvalue weighted by Crippen LogP contribution is 2.17. The van der Waals surface area contributed by atoms with E-state index in [1.165, 1.54) is 0 Å². The van der Waals surface area contributed by atoms with Crippen molar-refractivity contribution in [1.82, 2.24) is 4.90 Å². The lowest BCUT2D eigenvalue weighted by Gasteiger charge is -2.16. The molecule has 1 atom stereocenters. The minimum absolute atomic E-state index is 0.202. The van der Waals surface area contributed by atoms with Gasteiger partial charge < -0.3 is 10.8 Å². The maximum absolute atomic E-state index is 13.9. The van der Waals surface area contributed by atoms with Crippen LogP contribution in [0, 0.1) is 5.82 Å². The lowest BCUT2D eigenvalue weighted by molar-refractivity contribution is 0.174. The van der Waals surface area contributed by atoms with Crippen LogP contribution in [0.25, 0.3) is 0 Å². The monoisotopic (exact) mass is 224 g/mol.